The van der Waals surface area contributed by atoms with Crippen LogP contribution in [0.15, 0.2) is 48.5 Å². The number of anilines is 1. The van der Waals surface area contributed by atoms with Crippen LogP contribution in [0, 0.1) is 20.8 Å². The van der Waals surface area contributed by atoms with Gasteiger partial charge in [-0.2, -0.15) is 0 Å². The number of carbonyl (C=O) groups is 3. The van der Waals surface area contributed by atoms with Gasteiger partial charge in [0.05, 0.1) is 33.3 Å². The molecule has 0 saturated heterocycles. The summed E-state index contributed by atoms with van der Waals surface area (Å²) in [6.45, 7) is 14.2. The van der Waals surface area contributed by atoms with Gasteiger partial charge in [-0.1, -0.05) is 42.0 Å². The van der Waals surface area contributed by atoms with Gasteiger partial charge in [0.25, 0.3) is 11.8 Å². The Morgan fingerprint density at radius 2 is 1.70 bits per heavy atom. The third kappa shape index (κ3) is 5.77. The van der Waals surface area contributed by atoms with E-state index >= 15 is 0 Å². The predicted octanol–water partition coefficient (Wildman–Crippen LogP) is 7.19. The number of aromatic nitrogens is 1. The van der Waals surface area contributed by atoms with E-state index in [1.54, 1.807) is 31.7 Å². The maximum Gasteiger partial charge on any atom is 0.341 e. The summed E-state index contributed by atoms with van der Waals surface area (Å²) in [6.07, 6.45) is -0.360. The Hall–Kier alpha value is -4.04. The first kappa shape index (κ1) is 29.0. The molecule has 0 bridgehead atoms. The van der Waals surface area contributed by atoms with Crippen molar-refractivity contribution in [2.24, 2.45) is 0 Å². The van der Waals surface area contributed by atoms with Gasteiger partial charge in [0.1, 0.15) is 5.00 Å². The van der Waals surface area contributed by atoms with E-state index in [9.17, 15) is 14.4 Å². The van der Waals surface area contributed by atoms with Crippen LogP contribution >= 0.6 is 11.3 Å². The number of pyridine rings is 1. The fourth-order valence-electron chi connectivity index (χ4n) is 4.75. The highest BCUT2D eigenvalue weighted by Crippen LogP contribution is 2.36. The van der Waals surface area contributed by atoms with E-state index < -0.39 is 11.9 Å². The zero-order chi connectivity index (χ0) is 29.1. The first-order valence-electron chi connectivity index (χ1n) is 13.5. The molecule has 4 rings (SSSR count). The number of amides is 2. The molecule has 0 radical (unpaired) electrons. The molecule has 0 aliphatic heterocycles. The van der Waals surface area contributed by atoms with Gasteiger partial charge in [-0.05, 0) is 71.7 Å². The van der Waals surface area contributed by atoms with E-state index in [1.165, 1.54) is 0 Å². The molecule has 2 aromatic heterocycles. The zero-order valence-corrected chi connectivity index (χ0v) is 24.9. The summed E-state index contributed by atoms with van der Waals surface area (Å²) in [7, 11) is 0. The van der Waals surface area contributed by atoms with Crippen LogP contribution in [0.1, 0.15) is 74.8 Å². The standard InChI is InChI=1S/C32H35N3O4S/c1-8-35(9-2)31(37)28-21(7)27(32(38)39-18(3)4)30(40-28)34-29(36)24-17-26(22-15-14-19(5)16-20(22)6)33-25-13-11-10-12-23(24)25/h10-18H,8-9H2,1-7H3,(H,34,36). The molecule has 7 nitrogen and oxygen atoms in total. The summed E-state index contributed by atoms with van der Waals surface area (Å²) in [6, 6.07) is 15.4. The van der Waals surface area contributed by atoms with Crippen LogP contribution in [0.25, 0.3) is 22.2 Å². The summed E-state index contributed by atoms with van der Waals surface area (Å²) in [5, 5.41) is 3.92. The highest BCUT2D eigenvalue weighted by atomic mass is 32.1. The second-order valence-electron chi connectivity index (χ2n) is 10.0. The number of nitrogens with zero attached hydrogens (tertiary/aromatic N) is 2. The highest BCUT2D eigenvalue weighted by molar-refractivity contribution is 7.18. The van der Waals surface area contributed by atoms with Gasteiger partial charge in [0.2, 0.25) is 0 Å². The van der Waals surface area contributed by atoms with Gasteiger partial charge in [0.15, 0.2) is 0 Å². The number of benzene rings is 2. The van der Waals surface area contributed by atoms with Gasteiger partial charge in [-0.15, -0.1) is 11.3 Å². The number of nitrogens with one attached hydrogen (secondary N) is 1. The van der Waals surface area contributed by atoms with E-state index in [0.717, 1.165) is 28.0 Å². The molecule has 8 heteroatoms. The Morgan fingerprint density at radius 1 is 1.00 bits per heavy atom. The summed E-state index contributed by atoms with van der Waals surface area (Å²) in [5.74, 6) is -1.16. The maximum atomic E-state index is 13.9. The molecular weight excluding hydrogens is 522 g/mol. The van der Waals surface area contributed by atoms with Crippen molar-refractivity contribution in [1.82, 2.24) is 9.88 Å². The van der Waals surface area contributed by atoms with Crippen LogP contribution in [0.3, 0.4) is 0 Å². The Bertz CT molecular complexity index is 1600. The molecule has 1 N–H and O–H groups in total. The van der Waals surface area contributed by atoms with Crippen LogP contribution < -0.4 is 5.32 Å². The lowest BCUT2D eigenvalue weighted by atomic mass is 9.99. The van der Waals surface area contributed by atoms with Crippen molar-refractivity contribution in [3.05, 3.63) is 81.2 Å². The SMILES string of the molecule is CCN(CC)C(=O)c1sc(NC(=O)c2cc(-c3ccc(C)cc3C)nc3ccccc23)c(C(=O)OC(C)C)c1C. The molecule has 0 aliphatic rings. The number of thiophene rings is 1. The van der Waals surface area contributed by atoms with Gasteiger partial charge < -0.3 is 15.0 Å². The van der Waals surface area contributed by atoms with Crippen LogP contribution in [0.2, 0.25) is 0 Å². The predicted molar refractivity (Wildman–Crippen MR) is 161 cm³/mol. The van der Waals surface area contributed by atoms with Gasteiger partial charge in [-0.25, -0.2) is 9.78 Å². The minimum Gasteiger partial charge on any atom is -0.459 e. The lowest BCUT2D eigenvalue weighted by Gasteiger charge is -2.18. The monoisotopic (exact) mass is 557 g/mol. The van der Waals surface area contributed by atoms with Crippen LogP contribution in [0.5, 0.6) is 0 Å². The molecule has 0 spiro atoms. The Balaban J connectivity index is 1.83. The lowest BCUT2D eigenvalue weighted by Crippen LogP contribution is -2.30. The van der Waals surface area contributed by atoms with Gasteiger partial charge in [-0.3, -0.25) is 9.59 Å². The first-order chi connectivity index (χ1) is 19.0. The van der Waals surface area contributed by atoms with Crippen molar-refractivity contribution in [1.29, 1.82) is 0 Å². The Morgan fingerprint density at radius 3 is 2.35 bits per heavy atom. The quantitative estimate of drug-likeness (QED) is 0.232. The number of hydrogen-bond donors (Lipinski definition) is 1. The average molecular weight is 558 g/mol. The first-order valence-corrected chi connectivity index (χ1v) is 14.3. The number of rotatable bonds is 8. The summed E-state index contributed by atoms with van der Waals surface area (Å²) in [4.78, 5) is 47.3. The minimum absolute atomic E-state index is 0.182. The van der Waals surface area contributed by atoms with Gasteiger partial charge in [0, 0.05) is 24.0 Å². The number of para-hydroxylation sites is 1. The molecule has 2 heterocycles. The zero-order valence-electron chi connectivity index (χ0n) is 24.0. The van der Waals surface area contributed by atoms with Crippen LogP contribution in [-0.4, -0.2) is 46.9 Å². The normalized spacial score (nSPS) is 11.1. The molecule has 2 aromatic carbocycles. The third-order valence-corrected chi connectivity index (χ3v) is 7.98. The molecule has 208 valence electrons. The second-order valence-corrected chi connectivity index (χ2v) is 11.1. The lowest BCUT2D eigenvalue weighted by molar-refractivity contribution is 0.0379. The van der Waals surface area contributed by atoms with Crippen molar-refractivity contribution in [2.45, 2.75) is 54.6 Å². The number of hydrogen-bond acceptors (Lipinski definition) is 6. The van der Waals surface area contributed by atoms with E-state index in [2.05, 4.69) is 11.4 Å². The van der Waals surface area contributed by atoms with Crippen LogP contribution in [-0.2, 0) is 4.74 Å². The fourth-order valence-corrected chi connectivity index (χ4v) is 5.91. The maximum absolute atomic E-state index is 13.9. The Kier molecular flexibility index (Phi) is 8.69. The molecule has 40 heavy (non-hydrogen) atoms. The van der Waals surface area contributed by atoms with Crippen LogP contribution in [0.4, 0.5) is 5.00 Å². The van der Waals surface area contributed by atoms with E-state index in [-0.39, 0.29) is 22.6 Å². The van der Waals surface area contributed by atoms with Crippen molar-refractivity contribution in [3.63, 3.8) is 0 Å². The largest absolute Gasteiger partial charge is 0.459 e. The van der Waals surface area contributed by atoms with Crippen molar-refractivity contribution < 1.29 is 19.1 Å². The summed E-state index contributed by atoms with van der Waals surface area (Å²) >= 11 is 1.10. The van der Waals surface area contributed by atoms with E-state index in [1.807, 2.05) is 64.1 Å². The smallest absolute Gasteiger partial charge is 0.341 e. The molecule has 0 fully saturated rings. The molecule has 0 aliphatic carbocycles. The van der Waals surface area contributed by atoms with Crippen molar-refractivity contribution in [2.75, 3.05) is 18.4 Å². The molecule has 0 saturated carbocycles. The topological polar surface area (TPSA) is 88.6 Å². The Labute approximate surface area is 239 Å². The molecule has 2 amide bonds. The molecule has 0 unspecified atom stereocenters. The third-order valence-electron chi connectivity index (χ3n) is 6.78. The van der Waals surface area contributed by atoms with E-state index in [0.29, 0.717) is 45.7 Å². The molecular formula is C32H35N3O4S. The average Bonchev–Trinajstić information content (AvgIpc) is 3.23. The van der Waals surface area contributed by atoms with Gasteiger partial charge >= 0.3 is 5.97 Å². The number of aryl methyl sites for hydroxylation is 2. The number of ether oxygens (including phenoxy) is 1. The molecule has 4 aromatic rings. The highest BCUT2D eigenvalue weighted by Gasteiger charge is 2.29. The number of carbonyl (C=O) groups excluding carboxylic acids is 3. The summed E-state index contributed by atoms with van der Waals surface area (Å²) < 4.78 is 5.50. The van der Waals surface area contributed by atoms with Crippen molar-refractivity contribution >= 4 is 45.0 Å². The fraction of sp³-hybridized carbons (Fsp3) is 0.312. The van der Waals surface area contributed by atoms with E-state index in [4.69, 9.17) is 9.72 Å². The number of fused-ring (bicyclic) bond motifs is 1. The van der Waals surface area contributed by atoms with Crippen molar-refractivity contribution in [3.8, 4) is 11.3 Å². The summed E-state index contributed by atoms with van der Waals surface area (Å²) in [5.41, 5.74) is 5.63. The number of esters is 1. The molecule has 0 atom stereocenters. The minimum atomic E-state index is -0.576. The second kappa shape index (κ2) is 12.0.